The lowest BCUT2D eigenvalue weighted by atomic mass is 10.1. The van der Waals surface area contributed by atoms with Gasteiger partial charge in [-0.1, -0.05) is 19.9 Å². The summed E-state index contributed by atoms with van der Waals surface area (Å²) in [5, 5.41) is 3.02. The van der Waals surface area contributed by atoms with Crippen LogP contribution < -0.4 is 14.8 Å². The Bertz CT molecular complexity index is 598. The fourth-order valence-corrected chi connectivity index (χ4v) is 3.31. The molecule has 0 unspecified atom stereocenters. The summed E-state index contributed by atoms with van der Waals surface area (Å²) in [5.41, 5.74) is 1.24. The fraction of sp³-hybridized carbons (Fsp3) is 0.650. The number of amides is 1. The van der Waals surface area contributed by atoms with E-state index in [1.165, 1.54) is 5.56 Å². The van der Waals surface area contributed by atoms with E-state index in [1.807, 2.05) is 6.07 Å². The minimum atomic E-state index is 0.144. The van der Waals surface area contributed by atoms with Crippen molar-refractivity contribution < 1.29 is 14.3 Å². The Morgan fingerprint density at radius 1 is 1.08 bits per heavy atom. The molecular formula is C20H31N3O3. The van der Waals surface area contributed by atoms with Gasteiger partial charge in [0.15, 0.2) is 11.5 Å². The van der Waals surface area contributed by atoms with E-state index in [1.54, 1.807) is 0 Å². The molecule has 26 heavy (non-hydrogen) atoms. The maximum absolute atomic E-state index is 12.0. The molecule has 0 aromatic heterocycles. The molecule has 6 nitrogen and oxygen atoms in total. The van der Waals surface area contributed by atoms with Crippen LogP contribution in [0.5, 0.6) is 11.5 Å². The van der Waals surface area contributed by atoms with Crippen LogP contribution in [0.3, 0.4) is 0 Å². The lowest BCUT2D eigenvalue weighted by Crippen LogP contribution is -2.49. The summed E-state index contributed by atoms with van der Waals surface area (Å²) in [6.45, 7) is 11.6. The molecule has 0 saturated carbocycles. The third kappa shape index (κ3) is 5.61. The number of benzene rings is 1. The van der Waals surface area contributed by atoms with E-state index in [4.69, 9.17) is 9.47 Å². The Labute approximate surface area is 156 Å². The third-order valence-electron chi connectivity index (χ3n) is 4.89. The van der Waals surface area contributed by atoms with Crippen LogP contribution in [0.1, 0.15) is 25.8 Å². The Hall–Kier alpha value is -1.79. The number of fused-ring (bicyclic) bond motifs is 1. The Balaban J connectivity index is 1.39. The van der Waals surface area contributed by atoms with Gasteiger partial charge in [0.05, 0.1) is 6.54 Å². The van der Waals surface area contributed by atoms with Gasteiger partial charge in [-0.05, 0) is 30.0 Å². The van der Waals surface area contributed by atoms with Crippen molar-refractivity contribution in [2.45, 2.75) is 26.8 Å². The number of hydrogen-bond donors (Lipinski definition) is 1. The topological polar surface area (TPSA) is 54.0 Å². The van der Waals surface area contributed by atoms with Crippen LogP contribution in [0.15, 0.2) is 18.2 Å². The van der Waals surface area contributed by atoms with Crippen molar-refractivity contribution in [1.82, 2.24) is 15.1 Å². The molecule has 1 aromatic rings. The molecule has 1 saturated heterocycles. The highest BCUT2D eigenvalue weighted by molar-refractivity contribution is 5.77. The number of ether oxygens (including phenoxy) is 2. The van der Waals surface area contributed by atoms with Crippen LogP contribution in [0.4, 0.5) is 0 Å². The number of nitrogens with one attached hydrogen (secondary N) is 1. The largest absolute Gasteiger partial charge is 0.486 e. The minimum Gasteiger partial charge on any atom is -0.486 e. The number of piperazine rings is 1. The highest BCUT2D eigenvalue weighted by atomic mass is 16.6. The van der Waals surface area contributed by atoms with E-state index in [0.717, 1.165) is 57.2 Å². The summed E-state index contributed by atoms with van der Waals surface area (Å²) in [4.78, 5) is 16.7. The molecule has 1 N–H and O–H groups in total. The van der Waals surface area contributed by atoms with Gasteiger partial charge in [-0.2, -0.15) is 0 Å². The normalized spacial score (nSPS) is 18.1. The lowest BCUT2D eigenvalue weighted by molar-refractivity contribution is -0.122. The van der Waals surface area contributed by atoms with E-state index in [2.05, 4.69) is 41.1 Å². The number of rotatable bonds is 7. The van der Waals surface area contributed by atoms with Crippen LogP contribution >= 0.6 is 0 Å². The molecule has 2 aliphatic rings. The molecule has 6 heteroatoms. The molecule has 3 rings (SSSR count). The number of carbonyl (C=O) groups excluding carboxylic acids is 1. The summed E-state index contributed by atoms with van der Waals surface area (Å²) >= 11 is 0. The van der Waals surface area contributed by atoms with Gasteiger partial charge < -0.3 is 14.8 Å². The highest BCUT2D eigenvalue weighted by Gasteiger charge is 2.20. The lowest BCUT2D eigenvalue weighted by Gasteiger charge is -2.34. The van der Waals surface area contributed by atoms with Gasteiger partial charge in [0, 0.05) is 39.3 Å². The number of hydrogen-bond acceptors (Lipinski definition) is 5. The molecular weight excluding hydrogens is 330 g/mol. The summed E-state index contributed by atoms with van der Waals surface area (Å²) in [6, 6.07) is 6.20. The average Bonchev–Trinajstić information content (AvgIpc) is 2.63. The van der Waals surface area contributed by atoms with Crippen molar-refractivity contribution in [2.75, 3.05) is 52.5 Å². The first-order chi connectivity index (χ1) is 12.6. The fourth-order valence-electron chi connectivity index (χ4n) is 3.31. The van der Waals surface area contributed by atoms with Crippen molar-refractivity contribution in [2.24, 2.45) is 5.92 Å². The second-order valence-electron chi connectivity index (χ2n) is 7.56. The molecule has 2 aliphatic heterocycles. The molecule has 2 heterocycles. The van der Waals surface area contributed by atoms with Gasteiger partial charge in [-0.25, -0.2) is 0 Å². The van der Waals surface area contributed by atoms with Crippen LogP contribution in [0.2, 0.25) is 0 Å². The highest BCUT2D eigenvalue weighted by Crippen LogP contribution is 2.31. The first kappa shape index (κ1) is 19.0. The van der Waals surface area contributed by atoms with E-state index in [0.29, 0.717) is 25.7 Å². The third-order valence-corrected chi connectivity index (χ3v) is 4.89. The van der Waals surface area contributed by atoms with Gasteiger partial charge in [0.2, 0.25) is 5.91 Å². The Kier molecular flexibility index (Phi) is 6.74. The number of nitrogens with zero attached hydrogens (tertiary/aromatic N) is 2. The molecule has 0 spiro atoms. The average molecular weight is 361 g/mol. The van der Waals surface area contributed by atoms with Gasteiger partial charge in [0.25, 0.3) is 0 Å². The summed E-state index contributed by atoms with van der Waals surface area (Å²) < 4.78 is 11.2. The Morgan fingerprint density at radius 2 is 1.77 bits per heavy atom. The van der Waals surface area contributed by atoms with E-state index >= 15 is 0 Å². The molecule has 0 atom stereocenters. The molecule has 0 aliphatic carbocycles. The van der Waals surface area contributed by atoms with Gasteiger partial charge in [0.1, 0.15) is 13.2 Å². The van der Waals surface area contributed by atoms with Crippen LogP contribution in [0.25, 0.3) is 0 Å². The second-order valence-corrected chi connectivity index (χ2v) is 7.56. The first-order valence-electron chi connectivity index (χ1n) is 9.70. The van der Waals surface area contributed by atoms with E-state index < -0.39 is 0 Å². The van der Waals surface area contributed by atoms with Gasteiger partial charge in [-0.15, -0.1) is 0 Å². The first-order valence-corrected chi connectivity index (χ1v) is 9.70. The van der Waals surface area contributed by atoms with E-state index in [9.17, 15) is 4.79 Å². The standard InChI is InChI=1S/C20H31N3O3/c1-16(2)5-6-21-20(24)15-23-9-7-22(8-10-23)14-17-3-4-18-19(13-17)26-12-11-25-18/h3-4,13,16H,5-12,14-15H2,1-2H3,(H,21,24). The summed E-state index contributed by atoms with van der Waals surface area (Å²) in [5.74, 6) is 2.46. The van der Waals surface area contributed by atoms with Gasteiger partial charge in [-0.3, -0.25) is 14.6 Å². The molecule has 0 bridgehead atoms. The van der Waals surface area contributed by atoms with Crippen molar-refractivity contribution >= 4 is 5.91 Å². The van der Waals surface area contributed by atoms with Crippen LogP contribution in [0, 0.1) is 5.92 Å². The van der Waals surface area contributed by atoms with Crippen molar-refractivity contribution in [3.8, 4) is 11.5 Å². The zero-order chi connectivity index (χ0) is 18.4. The molecule has 1 amide bonds. The van der Waals surface area contributed by atoms with Crippen LogP contribution in [-0.2, 0) is 11.3 Å². The number of carbonyl (C=O) groups is 1. The predicted molar refractivity (Wildman–Crippen MR) is 102 cm³/mol. The van der Waals surface area contributed by atoms with E-state index in [-0.39, 0.29) is 5.91 Å². The van der Waals surface area contributed by atoms with Crippen molar-refractivity contribution in [3.05, 3.63) is 23.8 Å². The molecule has 1 fully saturated rings. The van der Waals surface area contributed by atoms with Gasteiger partial charge >= 0.3 is 0 Å². The molecule has 1 aromatic carbocycles. The zero-order valence-electron chi connectivity index (χ0n) is 16.0. The Morgan fingerprint density at radius 3 is 2.50 bits per heavy atom. The van der Waals surface area contributed by atoms with Crippen molar-refractivity contribution in [3.63, 3.8) is 0 Å². The maximum atomic E-state index is 12.0. The smallest absolute Gasteiger partial charge is 0.234 e. The monoisotopic (exact) mass is 361 g/mol. The predicted octanol–water partition coefficient (Wildman–Crippen LogP) is 1.74. The van der Waals surface area contributed by atoms with Crippen LogP contribution in [-0.4, -0.2) is 68.2 Å². The second kappa shape index (κ2) is 9.24. The summed E-state index contributed by atoms with van der Waals surface area (Å²) in [7, 11) is 0. The SMILES string of the molecule is CC(C)CCNC(=O)CN1CCN(Cc2ccc3c(c2)OCCO3)CC1. The maximum Gasteiger partial charge on any atom is 0.234 e. The quantitative estimate of drug-likeness (QED) is 0.802. The summed E-state index contributed by atoms with van der Waals surface area (Å²) in [6.07, 6.45) is 1.04. The minimum absolute atomic E-state index is 0.144. The molecule has 144 valence electrons. The molecule has 0 radical (unpaired) electrons. The van der Waals surface area contributed by atoms with Crippen molar-refractivity contribution in [1.29, 1.82) is 0 Å². The zero-order valence-corrected chi connectivity index (χ0v) is 16.0.